The van der Waals surface area contributed by atoms with E-state index in [1.54, 1.807) is 60.0 Å². The molecule has 32 heavy (non-hydrogen) atoms. The molecule has 0 saturated carbocycles. The van der Waals surface area contributed by atoms with Crippen LogP contribution in [0.1, 0.15) is 25.2 Å². The molecule has 0 spiro atoms. The van der Waals surface area contributed by atoms with Crippen LogP contribution in [0.4, 0.5) is 0 Å². The number of sulfone groups is 1. The maximum Gasteiger partial charge on any atom is 0.327 e. The number of aryl methyl sites for hydroxylation is 1. The Labute approximate surface area is 190 Å². The number of ether oxygens (including phenoxy) is 1. The number of carbonyl (C=O) groups excluding carboxylic acids is 2. The molecule has 0 aliphatic rings. The van der Waals surface area contributed by atoms with E-state index in [9.17, 15) is 18.0 Å². The summed E-state index contributed by atoms with van der Waals surface area (Å²) in [4.78, 5) is 24.5. The van der Waals surface area contributed by atoms with Gasteiger partial charge in [-0.1, -0.05) is 47.7 Å². The van der Waals surface area contributed by atoms with Gasteiger partial charge in [0.2, 0.25) is 0 Å². The van der Waals surface area contributed by atoms with Gasteiger partial charge in [-0.2, -0.15) is 0 Å². The van der Waals surface area contributed by atoms with Crippen molar-refractivity contribution in [3.05, 3.63) is 66.0 Å². The Bertz CT molecular complexity index is 1210. The van der Waals surface area contributed by atoms with Gasteiger partial charge in [-0.3, -0.25) is 14.2 Å². The standard InChI is InChI=1S/C22H23N3O5S2/c1-4-30-21(27)20(16(3)26)31-22-24-23-19(25(22)17-8-6-5-7-9-17)14-32(28,29)18-12-10-15(2)11-13-18/h5-13,20H,4,14H2,1-3H3. The number of Topliss-reactive ketones (excluding diaryl/α,β-unsaturated/α-hetero) is 1. The number of carbonyl (C=O) groups is 2. The second kappa shape index (κ2) is 10.1. The minimum absolute atomic E-state index is 0.134. The second-order valence-electron chi connectivity index (χ2n) is 7.00. The molecule has 0 bridgehead atoms. The number of esters is 1. The first kappa shape index (κ1) is 23.7. The Morgan fingerprint density at radius 3 is 2.31 bits per heavy atom. The molecule has 1 unspecified atom stereocenters. The average molecular weight is 474 g/mol. The number of nitrogens with zero attached hydrogens (tertiary/aromatic N) is 3. The molecule has 0 aliphatic heterocycles. The lowest BCUT2D eigenvalue weighted by Gasteiger charge is -2.14. The number of aromatic nitrogens is 3. The monoisotopic (exact) mass is 473 g/mol. The minimum atomic E-state index is -3.71. The van der Waals surface area contributed by atoms with Gasteiger partial charge >= 0.3 is 5.97 Å². The highest BCUT2D eigenvalue weighted by molar-refractivity contribution is 8.01. The summed E-state index contributed by atoms with van der Waals surface area (Å²) in [5, 5.41) is 7.27. The van der Waals surface area contributed by atoms with E-state index in [0.29, 0.717) is 5.69 Å². The first-order valence-corrected chi connectivity index (χ1v) is 12.4. The molecular formula is C22H23N3O5S2. The number of ketones is 1. The second-order valence-corrected chi connectivity index (χ2v) is 10.1. The van der Waals surface area contributed by atoms with Crippen LogP contribution in [0.5, 0.6) is 0 Å². The Hall–Kier alpha value is -2.98. The zero-order valence-corrected chi connectivity index (χ0v) is 19.5. The molecule has 2 aromatic carbocycles. The highest BCUT2D eigenvalue weighted by atomic mass is 32.2. The van der Waals surface area contributed by atoms with Crippen molar-refractivity contribution in [2.45, 2.75) is 41.8 Å². The van der Waals surface area contributed by atoms with Crippen molar-refractivity contribution in [3.8, 4) is 5.69 Å². The number of benzene rings is 2. The fraction of sp³-hybridized carbons (Fsp3) is 0.273. The van der Waals surface area contributed by atoms with Crippen molar-refractivity contribution in [2.75, 3.05) is 6.61 Å². The van der Waals surface area contributed by atoms with Crippen LogP contribution in [0.2, 0.25) is 0 Å². The molecule has 168 valence electrons. The van der Waals surface area contributed by atoms with Crippen molar-refractivity contribution >= 4 is 33.4 Å². The van der Waals surface area contributed by atoms with Gasteiger partial charge in [-0.05, 0) is 45.0 Å². The lowest BCUT2D eigenvalue weighted by molar-refractivity contribution is -0.144. The summed E-state index contributed by atoms with van der Waals surface area (Å²) in [6, 6.07) is 15.5. The van der Waals surface area contributed by atoms with Crippen molar-refractivity contribution in [1.29, 1.82) is 0 Å². The lowest BCUT2D eigenvalue weighted by Crippen LogP contribution is -2.27. The van der Waals surface area contributed by atoms with Gasteiger partial charge in [0.25, 0.3) is 0 Å². The molecule has 0 saturated heterocycles. The molecule has 10 heteroatoms. The zero-order valence-electron chi connectivity index (χ0n) is 17.9. The molecule has 0 aliphatic carbocycles. The molecule has 0 fully saturated rings. The highest BCUT2D eigenvalue weighted by Gasteiger charge is 2.30. The van der Waals surface area contributed by atoms with Crippen LogP contribution in [0.15, 0.2) is 64.6 Å². The van der Waals surface area contributed by atoms with E-state index in [0.717, 1.165) is 17.3 Å². The van der Waals surface area contributed by atoms with Gasteiger partial charge in [-0.25, -0.2) is 8.42 Å². The van der Waals surface area contributed by atoms with Crippen molar-refractivity contribution in [1.82, 2.24) is 14.8 Å². The molecule has 0 N–H and O–H groups in total. The molecule has 1 heterocycles. The van der Waals surface area contributed by atoms with Gasteiger partial charge < -0.3 is 4.74 Å². The van der Waals surface area contributed by atoms with Crippen LogP contribution in [-0.2, 0) is 29.9 Å². The quantitative estimate of drug-likeness (QED) is 0.265. The summed E-state index contributed by atoms with van der Waals surface area (Å²) >= 11 is 0.881. The SMILES string of the molecule is CCOC(=O)C(Sc1nnc(CS(=O)(=O)c2ccc(C)cc2)n1-c1ccccc1)C(C)=O. The fourth-order valence-corrected chi connectivity index (χ4v) is 5.12. The van der Waals surface area contributed by atoms with E-state index < -0.39 is 32.6 Å². The highest BCUT2D eigenvalue weighted by Crippen LogP contribution is 2.28. The molecule has 0 radical (unpaired) electrons. The van der Waals surface area contributed by atoms with Crippen LogP contribution in [0.25, 0.3) is 5.69 Å². The van der Waals surface area contributed by atoms with E-state index in [-0.39, 0.29) is 22.5 Å². The van der Waals surface area contributed by atoms with Gasteiger partial charge in [0.1, 0.15) is 5.75 Å². The van der Waals surface area contributed by atoms with Crippen LogP contribution in [0.3, 0.4) is 0 Å². The smallest absolute Gasteiger partial charge is 0.327 e. The first-order valence-electron chi connectivity index (χ1n) is 9.86. The Kier molecular flexibility index (Phi) is 7.47. The predicted octanol–water partition coefficient (Wildman–Crippen LogP) is 3.16. The van der Waals surface area contributed by atoms with Crippen molar-refractivity contribution in [2.24, 2.45) is 0 Å². The van der Waals surface area contributed by atoms with Gasteiger partial charge in [0.05, 0.1) is 11.5 Å². The van der Waals surface area contributed by atoms with Crippen LogP contribution >= 0.6 is 11.8 Å². The van der Waals surface area contributed by atoms with E-state index in [2.05, 4.69) is 10.2 Å². The third kappa shape index (κ3) is 5.43. The average Bonchev–Trinajstić information content (AvgIpc) is 3.14. The summed E-state index contributed by atoms with van der Waals surface area (Å²) in [7, 11) is -3.71. The molecular weight excluding hydrogens is 450 g/mol. The molecule has 8 nitrogen and oxygen atoms in total. The van der Waals surface area contributed by atoms with Gasteiger partial charge in [0.15, 0.2) is 31.9 Å². The number of rotatable bonds is 9. The Morgan fingerprint density at radius 1 is 1.06 bits per heavy atom. The Morgan fingerprint density at radius 2 is 1.72 bits per heavy atom. The van der Waals surface area contributed by atoms with E-state index in [1.807, 2.05) is 13.0 Å². The maximum atomic E-state index is 13.0. The summed E-state index contributed by atoms with van der Waals surface area (Å²) in [5.74, 6) is -1.31. The van der Waals surface area contributed by atoms with Gasteiger partial charge in [0, 0.05) is 5.69 Å². The molecule has 0 amide bonds. The van der Waals surface area contributed by atoms with Crippen LogP contribution < -0.4 is 0 Å². The summed E-state index contributed by atoms with van der Waals surface area (Å²) in [6.45, 7) is 4.95. The van der Waals surface area contributed by atoms with Crippen molar-refractivity contribution < 1.29 is 22.7 Å². The van der Waals surface area contributed by atoms with Crippen LogP contribution in [0, 0.1) is 6.92 Å². The number of hydrogen-bond acceptors (Lipinski definition) is 8. The van der Waals surface area contributed by atoms with E-state index in [4.69, 9.17) is 4.74 Å². The normalized spacial score (nSPS) is 12.3. The first-order chi connectivity index (χ1) is 15.2. The minimum Gasteiger partial charge on any atom is -0.465 e. The summed E-state index contributed by atoms with van der Waals surface area (Å²) in [6.07, 6.45) is 0. The van der Waals surface area contributed by atoms with E-state index in [1.165, 1.54) is 6.92 Å². The molecule has 1 aromatic heterocycles. The number of hydrogen-bond donors (Lipinski definition) is 0. The zero-order chi connectivity index (χ0) is 23.3. The Balaban J connectivity index is 2.03. The molecule has 3 aromatic rings. The molecule has 1 atom stereocenters. The summed E-state index contributed by atoms with van der Waals surface area (Å²) in [5.41, 5.74) is 1.56. The van der Waals surface area contributed by atoms with Crippen molar-refractivity contribution in [3.63, 3.8) is 0 Å². The predicted molar refractivity (Wildman–Crippen MR) is 120 cm³/mol. The largest absolute Gasteiger partial charge is 0.465 e. The molecule has 3 rings (SSSR count). The topological polar surface area (TPSA) is 108 Å². The lowest BCUT2D eigenvalue weighted by atomic mass is 10.2. The van der Waals surface area contributed by atoms with E-state index >= 15 is 0 Å². The fourth-order valence-electron chi connectivity index (χ4n) is 2.93. The third-order valence-corrected chi connectivity index (χ3v) is 7.37. The maximum absolute atomic E-state index is 13.0. The third-order valence-electron chi connectivity index (χ3n) is 4.51. The van der Waals surface area contributed by atoms with Gasteiger partial charge in [-0.15, -0.1) is 10.2 Å². The van der Waals surface area contributed by atoms with Crippen LogP contribution in [-0.4, -0.2) is 46.8 Å². The number of para-hydroxylation sites is 1. The summed E-state index contributed by atoms with van der Waals surface area (Å²) < 4.78 is 32.6. The number of thioether (sulfide) groups is 1.